The van der Waals surface area contributed by atoms with E-state index < -0.39 is 11.4 Å². The molecule has 2 atom stereocenters. The van der Waals surface area contributed by atoms with Crippen molar-refractivity contribution >= 4 is 17.9 Å². The molecule has 0 aliphatic carbocycles. The molecule has 0 spiro atoms. The van der Waals surface area contributed by atoms with E-state index in [-0.39, 0.29) is 24.4 Å². The molecule has 2 heterocycles. The third kappa shape index (κ3) is 2.71. The largest absolute Gasteiger partial charge is 0.481 e. The molecule has 0 aromatic rings. The molecule has 0 bridgehead atoms. The van der Waals surface area contributed by atoms with Gasteiger partial charge in [-0.1, -0.05) is 0 Å². The lowest BCUT2D eigenvalue weighted by Crippen LogP contribution is -2.49. The summed E-state index contributed by atoms with van der Waals surface area (Å²) in [6, 6.07) is -0.180. The fourth-order valence-corrected chi connectivity index (χ4v) is 2.88. The van der Waals surface area contributed by atoms with E-state index in [2.05, 4.69) is 0 Å². The van der Waals surface area contributed by atoms with Crippen LogP contribution in [0.3, 0.4) is 0 Å². The van der Waals surface area contributed by atoms with Crippen LogP contribution in [0.25, 0.3) is 0 Å². The van der Waals surface area contributed by atoms with Gasteiger partial charge in [-0.15, -0.1) is 0 Å². The molecule has 0 aromatic heterocycles. The number of carbonyl (C=O) groups excluding carboxylic acids is 2. The lowest BCUT2D eigenvalue weighted by Gasteiger charge is -2.34. The number of nitrogens with zero attached hydrogens (tertiary/aromatic N) is 2. The topological polar surface area (TPSA) is 104 Å². The first-order valence-corrected chi connectivity index (χ1v) is 6.90. The van der Waals surface area contributed by atoms with E-state index in [1.165, 1.54) is 0 Å². The maximum atomic E-state index is 12.4. The lowest BCUT2D eigenvalue weighted by atomic mass is 9.90. The van der Waals surface area contributed by atoms with Crippen molar-refractivity contribution in [2.45, 2.75) is 26.2 Å². The Morgan fingerprint density at radius 2 is 1.95 bits per heavy atom. The number of aliphatic carboxylic acids is 1. The highest BCUT2D eigenvalue weighted by molar-refractivity contribution is 5.81. The smallest absolute Gasteiger partial charge is 0.320 e. The van der Waals surface area contributed by atoms with E-state index >= 15 is 0 Å². The molecule has 2 fully saturated rings. The van der Waals surface area contributed by atoms with Crippen LogP contribution in [0.1, 0.15) is 26.2 Å². The zero-order valence-electron chi connectivity index (χ0n) is 11.7. The van der Waals surface area contributed by atoms with Crippen LogP contribution in [0, 0.1) is 11.3 Å². The Morgan fingerprint density at radius 1 is 1.25 bits per heavy atom. The average Bonchev–Trinajstić information content (AvgIpc) is 2.82. The molecular weight excluding hydrogens is 262 g/mol. The second kappa shape index (κ2) is 5.30. The van der Waals surface area contributed by atoms with Crippen molar-refractivity contribution in [1.82, 2.24) is 9.80 Å². The maximum Gasteiger partial charge on any atom is 0.320 e. The highest BCUT2D eigenvalue weighted by Crippen LogP contribution is 2.31. The van der Waals surface area contributed by atoms with E-state index in [0.717, 1.165) is 6.42 Å². The van der Waals surface area contributed by atoms with Gasteiger partial charge in [0.2, 0.25) is 5.91 Å². The Balaban J connectivity index is 1.98. The minimum absolute atomic E-state index is 0.180. The normalized spacial score (nSPS) is 30.4. The molecule has 2 rings (SSSR count). The fraction of sp³-hybridized carbons (Fsp3) is 0.769. The van der Waals surface area contributed by atoms with Crippen LogP contribution < -0.4 is 5.73 Å². The Hall–Kier alpha value is -1.79. The lowest BCUT2D eigenvalue weighted by molar-refractivity contribution is -0.147. The molecule has 2 aliphatic rings. The maximum absolute atomic E-state index is 12.4. The number of hydrogen-bond acceptors (Lipinski definition) is 3. The van der Waals surface area contributed by atoms with Crippen LogP contribution in [0.4, 0.5) is 4.79 Å². The van der Waals surface area contributed by atoms with Gasteiger partial charge in [-0.2, -0.15) is 0 Å². The van der Waals surface area contributed by atoms with E-state index in [1.807, 2.05) is 0 Å². The number of piperidine rings is 1. The second-order valence-electron chi connectivity index (χ2n) is 6.01. The van der Waals surface area contributed by atoms with Crippen molar-refractivity contribution in [2.75, 3.05) is 26.2 Å². The van der Waals surface area contributed by atoms with Gasteiger partial charge in [0.1, 0.15) is 0 Å². The van der Waals surface area contributed by atoms with Crippen molar-refractivity contribution in [2.24, 2.45) is 17.1 Å². The van der Waals surface area contributed by atoms with Gasteiger partial charge in [-0.25, -0.2) is 4.79 Å². The van der Waals surface area contributed by atoms with Crippen LogP contribution in [0.2, 0.25) is 0 Å². The number of likely N-dealkylation sites (tertiary alicyclic amines) is 2. The van der Waals surface area contributed by atoms with Crippen molar-refractivity contribution in [3.05, 3.63) is 0 Å². The van der Waals surface area contributed by atoms with E-state index in [4.69, 9.17) is 5.73 Å². The predicted octanol–water partition coefficient (Wildman–Crippen LogP) is 0.100. The highest BCUT2D eigenvalue weighted by atomic mass is 16.4. The molecule has 2 unspecified atom stereocenters. The minimum atomic E-state index is -0.874. The van der Waals surface area contributed by atoms with Crippen LogP contribution >= 0.6 is 0 Å². The van der Waals surface area contributed by atoms with Crippen molar-refractivity contribution in [1.29, 1.82) is 0 Å². The molecule has 0 aromatic carbocycles. The summed E-state index contributed by atoms with van der Waals surface area (Å²) in [5.41, 5.74) is 4.43. The number of hydrogen-bond donors (Lipinski definition) is 2. The number of rotatable bonds is 2. The summed E-state index contributed by atoms with van der Waals surface area (Å²) in [6.45, 7) is 3.26. The fourth-order valence-electron chi connectivity index (χ4n) is 2.88. The standard InChI is InChI=1S/C13H21N3O4/c1-13(11(18)19)4-6-16(8-13)12(20)15-5-2-3-9(7-15)10(14)17/h9H,2-8H2,1H3,(H2,14,17)(H,18,19). The quantitative estimate of drug-likeness (QED) is 0.750. The first-order chi connectivity index (χ1) is 9.33. The van der Waals surface area contributed by atoms with Crippen molar-refractivity contribution < 1.29 is 19.5 Å². The molecule has 20 heavy (non-hydrogen) atoms. The molecule has 0 radical (unpaired) electrons. The third-order valence-electron chi connectivity index (χ3n) is 4.35. The summed E-state index contributed by atoms with van der Waals surface area (Å²) in [7, 11) is 0. The van der Waals surface area contributed by atoms with Gasteiger partial charge in [0.05, 0.1) is 11.3 Å². The van der Waals surface area contributed by atoms with Gasteiger partial charge in [0, 0.05) is 26.2 Å². The van der Waals surface area contributed by atoms with Crippen LogP contribution in [-0.2, 0) is 9.59 Å². The van der Waals surface area contributed by atoms with Gasteiger partial charge in [-0.3, -0.25) is 9.59 Å². The average molecular weight is 283 g/mol. The third-order valence-corrected chi connectivity index (χ3v) is 4.35. The molecule has 3 N–H and O–H groups in total. The van der Waals surface area contributed by atoms with Gasteiger partial charge in [0.15, 0.2) is 0 Å². The summed E-state index contributed by atoms with van der Waals surface area (Å²) < 4.78 is 0. The summed E-state index contributed by atoms with van der Waals surface area (Å²) in [6.07, 6.45) is 1.93. The SMILES string of the molecule is CC1(C(=O)O)CCN(C(=O)N2CCCC(C(N)=O)C2)C1. The van der Waals surface area contributed by atoms with Gasteiger partial charge >= 0.3 is 12.0 Å². The number of amides is 3. The van der Waals surface area contributed by atoms with Crippen LogP contribution in [0.15, 0.2) is 0 Å². The Labute approximate surface area is 117 Å². The van der Waals surface area contributed by atoms with E-state index in [0.29, 0.717) is 32.5 Å². The molecule has 0 saturated carbocycles. The summed E-state index contributed by atoms with van der Waals surface area (Å²) >= 11 is 0. The summed E-state index contributed by atoms with van der Waals surface area (Å²) in [5, 5.41) is 9.18. The number of carbonyl (C=O) groups is 3. The van der Waals surface area contributed by atoms with Gasteiger partial charge in [0.25, 0.3) is 0 Å². The molecule has 7 nitrogen and oxygen atoms in total. The monoisotopic (exact) mass is 283 g/mol. The molecule has 2 aliphatic heterocycles. The van der Waals surface area contributed by atoms with Crippen molar-refractivity contribution in [3.63, 3.8) is 0 Å². The van der Waals surface area contributed by atoms with Crippen LogP contribution in [-0.4, -0.2) is 59.0 Å². The predicted molar refractivity (Wildman–Crippen MR) is 70.8 cm³/mol. The van der Waals surface area contributed by atoms with E-state index in [9.17, 15) is 19.5 Å². The zero-order valence-corrected chi connectivity index (χ0v) is 11.7. The van der Waals surface area contributed by atoms with E-state index in [1.54, 1.807) is 16.7 Å². The van der Waals surface area contributed by atoms with Crippen LogP contribution in [0.5, 0.6) is 0 Å². The van der Waals surface area contributed by atoms with Crippen molar-refractivity contribution in [3.8, 4) is 0 Å². The Bertz CT molecular complexity index is 435. The first-order valence-electron chi connectivity index (χ1n) is 6.90. The zero-order chi connectivity index (χ0) is 14.9. The Morgan fingerprint density at radius 3 is 2.50 bits per heavy atom. The first kappa shape index (κ1) is 14.6. The number of nitrogens with two attached hydrogens (primary N) is 1. The number of carboxylic acids is 1. The molecular formula is C13H21N3O4. The highest BCUT2D eigenvalue weighted by Gasteiger charge is 2.43. The number of primary amides is 1. The molecule has 2 saturated heterocycles. The molecule has 3 amide bonds. The summed E-state index contributed by atoms with van der Waals surface area (Å²) in [5.74, 6) is -1.54. The summed E-state index contributed by atoms with van der Waals surface area (Å²) in [4.78, 5) is 38.0. The molecule has 112 valence electrons. The minimum Gasteiger partial charge on any atom is -0.481 e. The number of urea groups is 1. The Kier molecular flexibility index (Phi) is 3.87. The van der Waals surface area contributed by atoms with Gasteiger partial charge < -0.3 is 20.6 Å². The molecule has 7 heteroatoms. The number of carboxylic acid groups (broad SMARTS) is 1. The second-order valence-corrected chi connectivity index (χ2v) is 6.01. The van der Waals surface area contributed by atoms with Gasteiger partial charge in [-0.05, 0) is 26.2 Å².